The fraction of sp³-hybridized carbons (Fsp3) is 1.00. The van der Waals surface area contributed by atoms with Crippen molar-refractivity contribution in [2.24, 2.45) is 5.11 Å². The number of likely N-dealkylation sites (N-methyl/N-ethyl adjacent to an activating group) is 1. The number of ether oxygens (including phenoxy) is 1. The molecule has 0 saturated carbocycles. The first-order valence-corrected chi connectivity index (χ1v) is 5.21. The molecule has 0 aromatic carbocycles. The molecule has 0 aromatic heterocycles. The monoisotopic (exact) mass is 198 g/mol. The number of hydrogen-bond donors (Lipinski definition) is 0. The number of azide groups is 1. The van der Waals surface area contributed by atoms with E-state index < -0.39 is 0 Å². The number of nitrogens with zero attached hydrogens (tertiary/aromatic N) is 4. The standard InChI is InChI=1S/C9H18N4O/c1-2-13(6-5-11-12-10)9-3-7-14-8-4-9/h9H,2-8H2,1H3. The van der Waals surface area contributed by atoms with E-state index in [1.165, 1.54) is 0 Å². The highest BCUT2D eigenvalue weighted by Gasteiger charge is 2.19. The minimum atomic E-state index is 0.571. The van der Waals surface area contributed by atoms with Crippen molar-refractivity contribution in [3.8, 4) is 0 Å². The Balaban J connectivity index is 2.31. The van der Waals surface area contributed by atoms with E-state index in [4.69, 9.17) is 10.3 Å². The van der Waals surface area contributed by atoms with E-state index >= 15 is 0 Å². The van der Waals surface area contributed by atoms with Gasteiger partial charge >= 0.3 is 0 Å². The van der Waals surface area contributed by atoms with E-state index in [9.17, 15) is 0 Å². The Morgan fingerprint density at radius 2 is 2.21 bits per heavy atom. The van der Waals surface area contributed by atoms with Gasteiger partial charge < -0.3 is 9.64 Å². The van der Waals surface area contributed by atoms with E-state index in [1.54, 1.807) is 0 Å². The van der Waals surface area contributed by atoms with Crippen LogP contribution in [0.3, 0.4) is 0 Å². The first-order chi connectivity index (χ1) is 6.88. The molecule has 0 aliphatic carbocycles. The molecule has 0 radical (unpaired) electrons. The van der Waals surface area contributed by atoms with E-state index in [2.05, 4.69) is 21.8 Å². The summed E-state index contributed by atoms with van der Waals surface area (Å²) in [5.41, 5.74) is 8.18. The minimum absolute atomic E-state index is 0.571. The van der Waals surface area contributed by atoms with Crippen LogP contribution in [0.2, 0.25) is 0 Å². The van der Waals surface area contributed by atoms with Gasteiger partial charge in [-0.05, 0) is 24.9 Å². The molecule has 0 amide bonds. The summed E-state index contributed by atoms with van der Waals surface area (Å²) in [6, 6.07) is 0.614. The molecule has 1 aliphatic rings. The van der Waals surface area contributed by atoms with Crippen LogP contribution in [0.4, 0.5) is 0 Å². The second-order valence-corrected chi connectivity index (χ2v) is 3.43. The highest BCUT2D eigenvalue weighted by Crippen LogP contribution is 2.13. The van der Waals surface area contributed by atoms with Gasteiger partial charge in [0.05, 0.1) is 0 Å². The summed E-state index contributed by atoms with van der Waals surface area (Å²) in [5.74, 6) is 0. The van der Waals surface area contributed by atoms with Crippen molar-refractivity contribution in [2.75, 3.05) is 32.8 Å². The zero-order valence-electron chi connectivity index (χ0n) is 8.72. The van der Waals surface area contributed by atoms with Crippen molar-refractivity contribution < 1.29 is 4.74 Å². The van der Waals surface area contributed by atoms with Gasteiger partial charge in [0.25, 0.3) is 0 Å². The van der Waals surface area contributed by atoms with Gasteiger partial charge in [-0.25, -0.2) is 0 Å². The third kappa shape index (κ3) is 3.54. The molecule has 1 fully saturated rings. The average molecular weight is 198 g/mol. The molecule has 0 unspecified atom stereocenters. The summed E-state index contributed by atoms with van der Waals surface area (Å²) < 4.78 is 5.31. The van der Waals surface area contributed by atoms with Crippen LogP contribution in [0, 0.1) is 0 Å². The summed E-state index contributed by atoms with van der Waals surface area (Å²) in [5, 5.41) is 3.56. The minimum Gasteiger partial charge on any atom is -0.381 e. The number of rotatable bonds is 5. The van der Waals surface area contributed by atoms with E-state index in [-0.39, 0.29) is 0 Å². The quantitative estimate of drug-likeness (QED) is 0.384. The molecule has 1 rings (SSSR count). The topological polar surface area (TPSA) is 61.2 Å². The molecule has 80 valence electrons. The van der Waals surface area contributed by atoms with Crippen LogP contribution in [0.15, 0.2) is 5.11 Å². The van der Waals surface area contributed by atoms with Crippen molar-refractivity contribution in [1.82, 2.24) is 4.90 Å². The van der Waals surface area contributed by atoms with Gasteiger partial charge in [-0.2, -0.15) is 0 Å². The molecule has 1 aliphatic heterocycles. The molecule has 1 heterocycles. The molecule has 0 bridgehead atoms. The predicted octanol–water partition coefficient (Wildman–Crippen LogP) is 1.80. The van der Waals surface area contributed by atoms with Gasteiger partial charge in [-0.1, -0.05) is 12.0 Å². The Bertz CT molecular complexity index is 197. The molecular formula is C9H18N4O. The molecule has 0 spiro atoms. The Morgan fingerprint density at radius 3 is 2.79 bits per heavy atom. The molecule has 5 nitrogen and oxygen atoms in total. The van der Waals surface area contributed by atoms with E-state index in [1.807, 2.05) is 0 Å². The van der Waals surface area contributed by atoms with Crippen molar-refractivity contribution in [3.63, 3.8) is 0 Å². The largest absolute Gasteiger partial charge is 0.381 e. The Morgan fingerprint density at radius 1 is 1.50 bits per heavy atom. The van der Waals surface area contributed by atoms with Gasteiger partial charge in [-0.15, -0.1) is 0 Å². The zero-order valence-corrected chi connectivity index (χ0v) is 8.72. The third-order valence-corrected chi connectivity index (χ3v) is 2.66. The summed E-state index contributed by atoms with van der Waals surface area (Å²) in [4.78, 5) is 5.13. The van der Waals surface area contributed by atoms with Crippen LogP contribution >= 0.6 is 0 Å². The fourth-order valence-electron chi connectivity index (χ4n) is 1.87. The van der Waals surface area contributed by atoms with Gasteiger partial charge in [0.1, 0.15) is 0 Å². The maximum absolute atomic E-state index is 8.18. The second-order valence-electron chi connectivity index (χ2n) is 3.43. The molecule has 0 N–H and O–H groups in total. The average Bonchev–Trinajstić information content (AvgIpc) is 2.26. The Hall–Kier alpha value is -0.770. The number of hydrogen-bond acceptors (Lipinski definition) is 3. The molecule has 1 saturated heterocycles. The zero-order chi connectivity index (χ0) is 10.2. The molecule has 5 heteroatoms. The summed E-state index contributed by atoms with van der Waals surface area (Å²) in [7, 11) is 0. The lowest BCUT2D eigenvalue weighted by Crippen LogP contribution is -2.40. The molecule has 0 aromatic rings. The van der Waals surface area contributed by atoms with Crippen molar-refractivity contribution in [3.05, 3.63) is 10.4 Å². The maximum Gasteiger partial charge on any atom is 0.0480 e. The van der Waals surface area contributed by atoms with Crippen molar-refractivity contribution in [1.29, 1.82) is 0 Å². The first-order valence-electron chi connectivity index (χ1n) is 5.21. The maximum atomic E-state index is 8.18. The fourth-order valence-corrected chi connectivity index (χ4v) is 1.87. The van der Waals surface area contributed by atoms with Crippen LogP contribution in [0.5, 0.6) is 0 Å². The van der Waals surface area contributed by atoms with Crippen LogP contribution in [-0.4, -0.2) is 43.8 Å². The van der Waals surface area contributed by atoms with Gasteiger partial charge in [0.15, 0.2) is 0 Å². The highest BCUT2D eigenvalue weighted by atomic mass is 16.5. The van der Waals surface area contributed by atoms with E-state index in [0.29, 0.717) is 12.6 Å². The SMILES string of the molecule is CCN(CCN=[N+]=[N-])C1CCOCC1. The molecule has 0 atom stereocenters. The van der Waals surface area contributed by atoms with Gasteiger partial charge in [0, 0.05) is 37.3 Å². The van der Waals surface area contributed by atoms with Crippen molar-refractivity contribution >= 4 is 0 Å². The second kappa shape index (κ2) is 6.65. The summed E-state index contributed by atoms with van der Waals surface area (Å²) in [6.07, 6.45) is 2.20. The van der Waals surface area contributed by atoms with Crippen molar-refractivity contribution in [2.45, 2.75) is 25.8 Å². The third-order valence-electron chi connectivity index (χ3n) is 2.66. The van der Waals surface area contributed by atoms with Crippen LogP contribution in [0.25, 0.3) is 10.4 Å². The highest BCUT2D eigenvalue weighted by molar-refractivity contribution is 4.74. The van der Waals surface area contributed by atoms with Gasteiger partial charge in [0.2, 0.25) is 0 Å². The van der Waals surface area contributed by atoms with Gasteiger partial charge in [-0.3, -0.25) is 0 Å². The summed E-state index contributed by atoms with van der Waals surface area (Å²) in [6.45, 7) is 6.33. The first kappa shape index (κ1) is 11.3. The van der Waals surface area contributed by atoms with Crippen LogP contribution in [-0.2, 0) is 4.74 Å². The lowest BCUT2D eigenvalue weighted by Gasteiger charge is -2.33. The predicted molar refractivity (Wildman–Crippen MR) is 55.1 cm³/mol. The normalized spacial score (nSPS) is 18.1. The lowest BCUT2D eigenvalue weighted by molar-refractivity contribution is 0.0369. The Labute approximate surface area is 84.7 Å². The molecular weight excluding hydrogens is 180 g/mol. The summed E-state index contributed by atoms with van der Waals surface area (Å²) >= 11 is 0. The Kier molecular flexibility index (Phi) is 5.37. The van der Waals surface area contributed by atoms with Crippen LogP contribution < -0.4 is 0 Å². The van der Waals surface area contributed by atoms with Crippen LogP contribution in [0.1, 0.15) is 19.8 Å². The smallest absolute Gasteiger partial charge is 0.0480 e. The van der Waals surface area contributed by atoms with E-state index in [0.717, 1.165) is 39.1 Å². The molecule has 14 heavy (non-hydrogen) atoms. The lowest BCUT2D eigenvalue weighted by atomic mass is 10.1.